The second kappa shape index (κ2) is 4.72. The summed E-state index contributed by atoms with van der Waals surface area (Å²) in [6.45, 7) is 1.92. The van der Waals surface area contributed by atoms with Gasteiger partial charge < -0.3 is 4.74 Å². The van der Waals surface area contributed by atoms with Crippen LogP contribution < -0.4 is 0 Å². The highest BCUT2D eigenvalue weighted by Crippen LogP contribution is 2.53. The topological polar surface area (TPSA) is 63.7 Å². The van der Waals surface area contributed by atoms with Crippen LogP contribution in [0.5, 0.6) is 0 Å². The van der Waals surface area contributed by atoms with Gasteiger partial charge in [0.15, 0.2) is 0 Å². The van der Waals surface area contributed by atoms with Gasteiger partial charge in [-0.05, 0) is 24.7 Å². The van der Waals surface area contributed by atoms with Crippen LogP contribution in [0, 0.1) is 23.7 Å². The number of esters is 1. The molecule has 3 aliphatic rings. The van der Waals surface area contributed by atoms with Crippen molar-refractivity contribution in [2.45, 2.75) is 32.2 Å². The maximum absolute atomic E-state index is 12.6. The molecule has 5 nitrogen and oxygen atoms in total. The molecule has 0 aromatic heterocycles. The molecule has 1 saturated heterocycles. The summed E-state index contributed by atoms with van der Waals surface area (Å²) in [6, 6.07) is -0.755. The number of carbonyl (C=O) groups excluding carboxylic acids is 3. The summed E-state index contributed by atoms with van der Waals surface area (Å²) < 4.78 is 4.76. The molecule has 1 aliphatic heterocycles. The van der Waals surface area contributed by atoms with E-state index in [0.29, 0.717) is 6.42 Å². The summed E-state index contributed by atoms with van der Waals surface area (Å²) >= 11 is 0. The van der Waals surface area contributed by atoms with Gasteiger partial charge in [0, 0.05) is 0 Å². The average Bonchev–Trinajstić information content (AvgIpc) is 3.11. The van der Waals surface area contributed by atoms with E-state index in [1.165, 1.54) is 12.0 Å². The fourth-order valence-corrected chi connectivity index (χ4v) is 3.99. The smallest absolute Gasteiger partial charge is 0.329 e. The molecule has 0 spiro atoms. The minimum absolute atomic E-state index is 0.173. The van der Waals surface area contributed by atoms with Crippen LogP contribution in [0.1, 0.15) is 26.2 Å². The molecule has 2 bridgehead atoms. The lowest BCUT2D eigenvalue weighted by Gasteiger charge is -2.25. The summed E-state index contributed by atoms with van der Waals surface area (Å²) in [5.74, 6) is -1.00. The number of imide groups is 1. The molecule has 0 unspecified atom stereocenters. The van der Waals surface area contributed by atoms with E-state index in [0.717, 1.165) is 12.8 Å². The van der Waals surface area contributed by atoms with Gasteiger partial charge in [-0.3, -0.25) is 14.5 Å². The van der Waals surface area contributed by atoms with E-state index in [-0.39, 0.29) is 35.5 Å². The van der Waals surface area contributed by atoms with E-state index in [4.69, 9.17) is 4.74 Å². The predicted octanol–water partition coefficient (Wildman–Crippen LogP) is 1.14. The molecule has 1 saturated carbocycles. The van der Waals surface area contributed by atoms with E-state index in [2.05, 4.69) is 0 Å². The van der Waals surface area contributed by atoms with E-state index < -0.39 is 12.0 Å². The second-order valence-electron chi connectivity index (χ2n) is 5.87. The fraction of sp³-hybridized carbons (Fsp3) is 0.667. The van der Waals surface area contributed by atoms with Crippen LogP contribution in [-0.4, -0.2) is 35.8 Å². The van der Waals surface area contributed by atoms with Gasteiger partial charge in [-0.25, -0.2) is 4.79 Å². The zero-order chi connectivity index (χ0) is 14.4. The van der Waals surface area contributed by atoms with Crippen molar-refractivity contribution in [3.63, 3.8) is 0 Å². The molecular formula is C15H19NO4. The average molecular weight is 277 g/mol. The van der Waals surface area contributed by atoms with Crippen molar-refractivity contribution < 1.29 is 19.1 Å². The highest BCUT2D eigenvalue weighted by Gasteiger charge is 2.61. The number of ether oxygens (including phenoxy) is 1. The maximum Gasteiger partial charge on any atom is 0.329 e. The molecular weight excluding hydrogens is 258 g/mol. The van der Waals surface area contributed by atoms with E-state index in [1.54, 1.807) is 0 Å². The van der Waals surface area contributed by atoms with Crippen LogP contribution in [0.4, 0.5) is 0 Å². The van der Waals surface area contributed by atoms with Gasteiger partial charge in [-0.15, -0.1) is 0 Å². The third-order valence-corrected chi connectivity index (χ3v) is 4.85. The number of amides is 2. The number of methoxy groups -OCH3 is 1. The predicted molar refractivity (Wildman–Crippen MR) is 70.3 cm³/mol. The quantitative estimate of drug-likeness (QED) is 0.439. The van der Waals surface area contributed by atoms with Crippen LogP contribution in [-0.2, 0) is 19.1 Å². The molecule has 1 heterocycles. The summed E-state index contributed by atoms with van der Waals surface area (Å²) in [6.07, 6.45) is 6.18. The molecule has 0 aromatic carbocycles. The minimum atomic E-state index is -0.755. The number of likely N-dealkylation sites (tertiary alicyclic amines) is 1. The summed E-state index contributed by atoms with van der Waals surface area (Å²) in [5, 5.41) is 0. The van der Waals surface area contributed by atoms with E-state index in [1.807, 2.05) is 19.1 Å². The van der Waals surface area contributed by atoms with Crippen molar-refractivity contribution in [2.24, 2.45) is 23.7 Å². The third kappa shape index (κ3) is 1.65. The Balaban J connectivity index is 1.90. The number of fused-ring (bicyclic) bond motifs is 5. The molecule has 5 heteroatoms. The van der Waals surface area contributed by atoms with Crippen molar-refractivity contribution in [1.82, 2.24) is 4.90 Å². The van der Waals surface area contributed by atoms with E-state index >= 15 is 0 Å². The third-order valence-electron chi connectivity index (χ3n) is 4.85. The second-order valence-corrected chi connectivity index (χ2v) is 5.87. The molecule has 108 valence electrons. The SMILES string of the molecule is CCC[C@@H](C(=O)OC)N1C(=O)[C@@H]2[C@H](C1=O)[C@@H]1C=C[C@H]2C1. The number of hydrogen-bond acceptors (Lipinski definition) is 4. The van der Waals surface area contributed by atoms with Crippen molar-refractivity contribution in [3.8, 4) is 0 Å². The Bertz CT molecular complexity index is 468. The fourth-order valence-electron chi connectivity index (χ4n) is 3.99. The van der Waals surface area contributed by atoms with Crippen molar-refractivity contribution in [3.05, 3.63) is 12.2 Å². The molecule has 3 rings (SSSR count). The minimum Gasteiger partial charge on any atom is -0.467 e. The van der Waals surface area contributed by atoms with Gasteiger partial charge in [0.2, 0.25) is 11.8 Å². The largest absolute Gasteiger partial charge is 0.467 e. The van der Waals surface area contributed by atoms with Crippen LogP contribution >= 0.6 is 0 Å². The van der Waals surface area contributed by atoms with Gasteiger partial charge in [0.1, 0.15) is 6.04 Å². The first-order valence-corrected chi connectivity index (χ1v) is 7.23. The van der Waals surface area contributed by atoms with Gasteiger partial charge in [-0.1, -0.05) is 25.5 Å². The van der Waals surface area contributed by atoms with Gasteiger partial charge in [-0.2, -0.15) is 0 Å². The number of allylic oxidation sites excluding steroid dienone is 2. The molecule has 5 atom stereocenters. The number of carbonyl (C=O) groups is 3. The first-order valence-electron chi connectivity index (χ1n) is 7.23. The Morgan fingerprint density at radius 2 is 1.85 bits per heavy atom. The standard InChI is InChI=1S/C15H19NO4/c1-3-4-10(15(19)20-2)16-13(17)11-8-5-6-9(7-8)12(11)14(16)18/h5-6,8-12H,3-4,7H2,1-2H3/t8-,9+,10-,11-,12+/m0/s1. The molecule has 0 N–H and O–H groups in total. The summed E-state index contributed by atoms with van der Waals surface area (Å²) in [5.41, 5.74) is 0. The summed E-state index contributed by atoms with van der Waals surface area (Å²) in [7, 11) is 1.29. The van der Waals surface area contributed by atoms with Crippen molar-refractivity contribution >= 4 is 17.8 Å². The lowest BCUT2D eigenvalue weighted by molar-refractivity contribution is -0.157. The first kappa shape index (κ1) is 13.3. The molecule has 0 aromatic rings. The highest BCUT2D eigenvalue weighted by molar-refractivity contribution is 6.08. The zero-order valence-corrected chi connectivity index (χ0v) is 11.7. The number of hydrogen-bond donors (Lipinski definition) is 0. The molecule has 2 fully saturated rings. The lowest BCUT2D eigenvalue weighted by atomic mass is 9.85. The highest BCUT2D eigenvalue weighted by atomic mass is 16.5. The first-order chi connectivity index (χ1) is 9.60. The molecule has 20 heavy (non-hydrogen) atoms. The molecule has 0 radical (unpaired) electrons. The van der Waals surface area contributed by atoms with E-state index in [9.17, 15) is 14.4 Å². The Morgan fingerprint density at radius 1 is 1.30 bits per heavy atom. The van der Waals surface area contributed by atoms with Gasteiger partial charge in [0.05, 0.1) is 18.9 Å². The Morgan fingerprint density at radius 3 is 2.30 bits per heavy atom. The van der Waals surface area contributed by atoms with Crippen molar-refractivity contribution in [2.75, 3.05) is 7.11 Å². The summed E-state index contributed by atoms with van der Waals surface area (Å²) in [4.78, 5) is 38.3. The van der Waals surface area contributed by atoms with Gasteiger partial charge >= 0.3 is 5.97 Å². The number of nitrogens with zero attached hydrogens (tertiary/aromatic N) is 1. The van der Waals surface area contributed by atoms with Gasteiger partial charge in [0.25, 0.3) is 0 Å². The monoisotopic (exact) mass is 277 g/mol. The number of rotatable bonds is 4. The Kier molecular flexibility index (Phi) is 3.15. The molecule has 2 aliphatic carbocycles. The maximum atomic E-state index is 12.6. The zero-order valence-electron chi connectivity index (χ0n) is 11.7. The van der Waals surface area contributed by atoms with Crippen LogP contribution in [0.2, 0.25) is 0 Å². The molecule has 2 amide bonds. The Labute approximate surface area is 117 Å². The Hall–Kier alpha value is -1.65. The van der Waals surface area contributed by atoms with Crippen LogP contribution in [0.3, 0.4) is 0 Å². The van der Waals surface area contributed by atoms with Crippen LogP contribution in [0.25, 0.3) is 0 Å². The normalized spacial score (nSPS) is 35.6. The van der Waals surface area contributed by atoms with Crippen LogP contribution in [0.15, 0.2) is 12.2 Å². The van der Waals surface area contributed by atoms with Crippen molar-refractivity contribution in [1.29, 1.82) is 0 Å². The lowest BCUT2D eigenvalue weighted by Crippen LogP contribution is -2.46.